The van der Waals surface area contributed by atoms with Gasteiger partial charge in [0.1, 0.15) is 11.5 Å². The largest absolute Gasteiger partial charge is 0.251 e. The summed E-state index contributed by atoms with van der Waals surface area (Å²) in [5, 5.41) is 8.44. The first-order valence-corrected chi connectivity index (χ1v) is 5.26. The van der Waals surface area contributed by atoms with E-state index in [0.717, 1.165) is 3.01 Å². The smallest absolute Gasteiger partial charge is 0.178 e. The predicted octanol–water partition coefficient (Wildman–Crippen LogP) is 2.34. The number of nitrogens with zero attached hydrogens (tertiary/aromatic N) is 3. The van der Waals surface area contributed by atoms with Crippen molar-refractivity contribution in [3.05, 3.63) is 27.2 Å². The van der Waals surface area contributed by atoms with Crippen LogP contribution < -0.4 is 0 Å². The second kappa shape index (κ2) is 3.62. The molecule has 0 aromatic carbocycles. The van der Waals surface area contributed by atoms with Crippen LogP contribution in [0.5, 0.6) is 0 Å². The van der Waals surface area contributed by atoms with Crippen LogP contribution >= 0.6 is 33.9 Å². The molecule has 0 fully saturated rings. The highest BCUT2D eigenvalue weighted by atomic mass is 127. The van der Waals surface area contributed by atoms with Gasteiger partial charge in [0.15, 0.2) is 8.02 Å². The molecule has 66 valence electrons. The van der Waals surface area contributed by atoms with Gasteiger partial charge in [0, 0.05) is 0 Å². The third-order valence-electron chi connectivity index (χ3n) is 1.35. The monoisotopic (exact) mass is 307 g/mol. The van der Waals surface area contributed by atoms with E-state index >= 15 is 0 Å². The average Bonchev–Trinajstić information content (AvgIpc) is 2.53. The van der Waals surface area contributed by atoms with E-state index in [4.69, 9.17) is 0 Å². The van der Waals surface area contributed by atoms with Gasteiger partial charge >= 0.3 is 0 Å². The van der Waals surface area contributed by atoms with E-state index in [1.807, 2.05) is 0 Å². The highest BCUT2D eigenvalue weighted by Crippen LogP contribution is 2.21. The number of halogens is 2. The topological polar surface area (TPSA) is 38.7 Å². The third-order valence-corrected chi connectivity index (χ3v) is 2.96. The Balaban J connectivity index is 2.41. The lowest BCUT2D eigenvalue weighted by Gasteiger charge is -1.91. The number of hydrogen-bond acceptors (Lipinski definition) is 4. The van der Waals surface area contributed by atoms with Crippen LogP contribution in [0.1, 0.15) is 0 Å². The van der Waals surface area contributed by atoms with E-state index in [1.165, 1.54) is 23.6 Å². The number of pyridine rings is 1. The zero-order valence-electron chi connectivity index (χ0n) is 6.24. The highest BCUT2D eigenvalue weighted by molar-refractivity contribution is 14.1. The molecule has 2 aromatic rings. The molecule has 0 spiro atoms. The lowest BCUT2D eigenvalue weighted by Crippen LogP contribution is -1.83. The van der Waals surface area contributed by atoms with Crippen molar-refractivity contribution in [1.29, 1.82) is 0 Å². The summed E-state index contributed by atoms with van der Waals surface area (Å²) in [4.78, 5) is 3.89. The van der Waals surface area contributed by atoms with Crippen molar-refractivity contribution < 1.29 is 4.39 Å². The van der Waals surface area contributed by atoms with Crippen molar-refractivity contribution >= 4 is 33.9 Å². The molecule has 13 heavy (non-hydrogen) atoms. The van der Waals surface area contributed by atoms with E-state index in [9.17, 15) is 4.39 Å². The molecule has 0 unspecified atom stereocenters. The number of hydrogen-bond donors (Lipinski definition) is 0. The Hall–Kier alpha value is -0.630. The van der Waals surface area contributed by atoms with Gasteiger partial charge in [-0.2, -0.15) is 0 Å². The zero-order valence-corrected chi connectivity index (χ0v) is 9.21. The highest BCUT2D eigenvalue weighted by Gasteiger charge is 2.05. The fourth-order valence-electron chi connectivity index (χ4n) is 0.811. The molecule has 0 bridgehead atoms. The van der Waals surface area contributed by atoms with Gasteiger partial charge in [-0.25, -0.2) is 4.39 Å². The molecule has 0 saturated heterocycles. The summed E-state index contributed by atoms with van der Waals surface area (Å²) < 4.78 is 13.4. The van der Waals surface area contributed by atoms with Crippen molar-refractivity contribution in [2.45, 2.75) is 0 Å². The molecule has 0 saturated carbocycles. The van der Waals surface area contributed by atoms with Crippen LogP contribution in [0.2, 0.25) is 0 Å². The minimum Gasteiger partial charge on any atom is -0.251 e. The van der Waals surface area contributed by atoms with Crippen LogP contribution in [0.3, 0.4) is 0 Å². The lowest BCUT2D eigenvalue weighted by atomic mass is 10.4. The molecule has 2 heterocycles. The Morgan fingerprint density at radius 3 is 2.69 bits per heavy atom. The Morgan fingerprint density at radius 2 is 2.15 bits per heavy atom. The molecule has 6 heteroatoms. The van der Waals surface area contributed by atoms with E-state index < -0.39 is 0 Å². The molecule has 0 amide bonds. The van der Waals surface area contributed by atoms with Gasteiger partial charge < -0.3 is 0 Å². The van der Waals surface area contributed by atoms with Gasteiger partial charge in [0.2, 0.25) is 0 Å². The molecular formula is C7H3FIN3S. The van der Waals surface area contributed by atoms with Gasteiger partial charge in [-0.15, -0.1) is 10.2 Å². The molecular weight excluding hydrogens is 304 g/mol. The zero-order chi connectivity index (χ0) is 9.26. The SMILES string of the molecule is Fc1ccc(-c2nnc(I)s2)nc1. The Labute approximate surface area is 91.2 Å². The van der Waals surface area contributed by atoms with Gasteiger partial charge in [-0.05, 0) is 34.7 Å². The second-order valence-corrected chi connectivity index (χ2v) is 4.95. The van der Waals surface area contributed by atoms with Crippen molar-refractivity contribution in [3.63, 3.8) is 0 Å². The molecule has 0 aliphatic rings. The standard InChI is InChI=1S/C7H3FIN3S/c8-4-1-2-5(10-3-4)6-11-12-7(9)13-6/h1-3H. The minimum atomic E-state index is -0.344. The fraction of sp³-hybridized carbons (Fsp3) is 0. The first-order chi connectivity index (χ1) is 6.25. The van der Waals surface area contributed by atoms with Crippen LogP contribution in [0.25, 0.3) is 10.7 Å². The maximum Gasteiger partial charge on any atom is 0.178 e. The average molecular weight is 307 g/mol. The Kier molecular flexibility index (Phi) is 2.49. The van der Waals surface area contributed by atoms with E-state index in [-0.39, 0.29) is 5.82 Å². The molecule has 0 atom stereocenters. The molecule has 2 aromatic heterocycles. The Morgan fingerprint density at radius 1 is 1.31 bits per heavy atom. The number of rotatable bonds is 1. The summed E-state index contributed by atoms with van der Waals surface area (Å²) in [6.45, 7) is 0. The molecule has 2 rings (SSSR count). The Bertz CT molecular complexity index is 414. The summed E-state index contributed by atoms with van der Waals surface area (Å²) in [6, 6.07) is 2.95. The van der Waals surface area contributed by atoms with Crippen LogP contribution in [-0.2, 0) is 0 Å². The normalized spacial score (nSPS) is 10.3. The van der Waals surface area contributed by atoms with Crippen LogP contribution in [0.15, 0.2) is 18.3 Å². The van der Waals surface area contributed by atoms with E-state index in [2.05, 4.69) is 37.8 Å². The molecule has 0 aliphatic heterocycles. The molecule has 3 nitrogen and oxygen atoms in total. The minimum absolute atomic E-state index is 0.344. The fourth-order valence-corrected chi connectivity index (χ4v) is 2.09. The summed E-state index contributed by atoms with van der Waals surface area (Å²) in [5.41, 5.74) is 0.654. The van der Waals surface area contributed by atoms with Gasteiger partial charge in [0.25, 0.3) is 0 Å². The number of aromatic nitrogens is 3. The molecule has 0 aliphatic carbocycles. The lowest BCUT2D eigenvalue weighted by molar-refractivity contribution is 0.622. The molecule has 0 N–H and O–H groups in total. The molecule has 0 radical (unpaired) electrons. The van der Waals surface area contributed by atoms with Crippen molar-refractivity contribution in [2.75, 3.05) is 0 Å². The summed E-state index contributed by atoms with van der Waals surface area (Å²) >= 11 is 3.50. The van der Waals surface area contributed by atoms with Crippen LogP contribution in [0, 0.1) is 8.83 Å². The maximum atomic E-state index is 12.5. The van der Waals surface area contributed by atoms with Crippen molar-refractivity contribution in [3.8, 4) is 10.7 Å². The van der Waals surface area contributed by atoms with Gasteiger partial charge in [-0.3, -0.25) is 4.98 Å². The first-order valence-electron chi connectivity index (χ1n) is 3.36. The first kappa shape index (κ1) is 8.95. The predicted molar refractivity (Wildman–Crippen MR) is 55.8 cm³/mol. The van der Waals surface area contributed by atoms with Crippen molar-refractivity contribution in [1.82, 2.24) is 15.2 Å². The third kappa shape index (κ3) is 1.99. The van der Waals surface area contributed by atoms with E-state index in [0.29, 0.717) is 10.7 Å². The quantitative estimate of drug-likeness (QED) is 0.759. The van der Waals surface area contributed by atoms with Crippen LogP contribution in [-0.4, -0.2) is 15.2 Å². The maximum absolute atomic E-state index is 12.5. The van der Waals surface area contributed by atoms with E-state index in [1.54, 1.807) is 6.07 Å². The van der Waals surface area contributed by atoms with Gasteiger partial charge in [0.05, 0.1) is 6.20 Å². The summed E-state index contributed by atoms with van der Waals surface area (Å²) in [7, 11) is 0. The summed E-state index contributed by atoms with van der Waals surface area (Å²) in [6.07, 6.45) is 1.17. The van der Waals surface area contributed by atoms with Crippen LogP contribution in [0.4, 0.5) is 4.39 Å². The van der Waals surface area contributed by atoms with Gasteiger partial charge in [-0.1, -0.05) is 11.3 Å². The second-order valence-electron chi connectivity index (χ2n) is 2.22. The summed E-state index contributed by atoms with van der Waals surface area (Å²) in [5.74, 6) is -0.344. The van der Waals surface area contributed by atoms with Crippen molar-refractivity contribution in [2.24, 2.45) is 0 Å².